The van der Waals surface area contributed by atoms with Gasteiger partial charge in [-0.25, -0.2) is 4.79 Å². The van der Waals surface area contributed by atoms with E-state index in [9.17, 15) is 14.4 Å². The molecule has 1 fully saturated rings. The summed E-state index contributed by atoms with van der Waals surface area (Å²) < 4.78 is 10.1. The molecule has 2 amide bonds. The lowest BCUT2D eigenvalue weighted by molar-refractivity contribution is -0.155. The minimum absolute atomic E-state index is 0.0968. The van der Waals surface area contributed by atoms with Crippen LogP contribution in [0, 0.1) is 0 Å². The molecular weight excluding hydrogens is 408 g/mol. The number of nitrogens with zero attached hydrogens (tertiary/aromatic N) is 1. The Hall–Kier alpha value is -3.61. The fraction of sp³-hybridized carbons (Fsp3) is 0.320. The Labute approximate surface area is 188 Å². The maximum Gasteiger partial charge on any atom is 0.408 e. The van der Waals surface area contributed by atoms with Gasteiger partial charge in [-0.1, -0.05) is 79.7 Å². The van der Waals surface area contributed by atoms with Crippen LogP contribution in [0.1, 0.15) is 30.9 Å². The van der Waals surface area contributed by atoms with Crippen molar-refractivity contribution in [2.75, 3.05) is 7.11 Å². The van der Waals surface area contributed by atoms with Gasteiger partial charge in [0, 0.05) is 6.04 Å². The molecule has 3 atom stereocenters. The van der Waals surface area contributed by atoms with Gasteiger partial charge in [-0.05, 0) is 17.5 Å². The molecule has 1 aliphatic heterocycles. The van der Waals surface area contributed by atoms with E-state index in [4.69, 9.17) is 9.47 Å². The molecule has 0 spiro atoms. The zero-order chi connectivity index (χ0) is 22.9. The number of amides is 2. The first-order chi connectivity index (χ1) is 15.5. The SMILES string of the molecule is CC[C@H](CC(=O)OC)N1C(=O)[C@H](NC(=O)OCc2ccccc2)[C@@H]1C=Cc1ccccc1. The highest BCUT2D eigenvalue weighted by Gasteiger charge is 2.50. The summed E-state index contributed by atoms with van der Waals surface area (Å²) in [5.74, 6) is -0.630. The van der Waals surface area contributed by atoms with Crippen LogP contribution in [0.25, 0.3) is 6.08 Å². The van der Waals surface area contributed by atoms with Crippen molar-refractivity contribution in [3.05, 3.63) is 77.9 Å². The van der Waals surface area contributed by atoms with Crippen molar-refractivity contribution in [1.82, 2.24) is 10.2 Å². The first-order valence-electron chi connectivity index (χ1n) is 10.6. The van der Waals surface area contributed by atoms with Crippen LogP contribution < -0.4 is 5.32 Å². The number of carbonyl (C=O) groups excluding carboxylic acids is 3. The van der Waals surface area contributed by atoms with E-state index in [1.165, 1.54) is 7.11 Å². The fourth-order valence-corrected chi connectivity index (χ4v) is 3.69. The van der Waals surface area contributed by atoms with Crippen LogP contribution in [-0.4, -0.2) is 48.1 Å². The molecule has 2 aromatic carbocycles. The summed E-state index contributed by atoms with van der Waals surface area (Å²) in [7, 11) is 1.33. The van der Waals surface area contributed by atoms with Crippen LogP contribution in [0.5, 0.6) is 0 Å². The topological polar surface area (TPSA) is 84.9 Å². The van der Waals surface area contributed by atoms with E-state index in [2.05, 4.69) is 5.32 Å². The van der Waals surface area contributed by atoms with E-state index in [0.29, 0.717) is 6.42 Å². The summed E-state index contributed by atoms with van der Waals surface area (Å²) in [4.78, 5) is 38.8. The van der Waals surface area contributed by atoms with Crippen molar-refractivity contribution in [2.45, 2.75) is 44.5 Å². The molecule has 0 radical (unpaired) electrons. The average molecular weight is 437 g/mol. The van der Waals surface area contributed by atoms with Crippen molar-refractivity contribution in [1.29, 1.82) is 0 Å². The molecule has 0 aromatic heterocycles. The summed E-state index contributed by atoms with van der Waals surface area (Å²) in [6.07, 6.45) is 3.80. The van der Waals surface area contributed by atoms with Crippen LogP contribution in [0.4, 0.5) is 4.79 Å². The maximum absolute atomic E-state index is 12.9. The quantitative estimate of drug-likeness (QED) is 0.480. The molecule has 0 aliphatic carbocycles. The highest BCUT2D eigenvalue weighted by Crippen LogP contribution is 2.28. The van der Waals surface area contributed by atoms with E-state index in [-0.39, 0.29) is 30.9 Å². The minimum atomic E-state index is -0.759. The van der Waals surface area contributed by atoms with Gasteiger partial charge in [0.1, 0.15) is 12.6 Å². The molecule has 1 aliphatic rings. The van der Waals surface area contributed by atoms with E-state index < -0.39 is 18.2 Å². The summed E-state index contributed by atoms with van der Waals surface area (Å²) in [6.45, 7) is 2.02. The predicted molar refractivity (Wildman–Crippen MR) is 120 cm³/mol. The molecule has 32 heavy (non-hydrogen) atoms. The number of alkyl carbamates (subject to hydrolysis) is 1. The number of carbonyl (C=O) groups is 3. The number of hydrogen-bond acceptors (Lipinski definition) is 5. The van der Waals surface area contributed by atoms with Crippen LogP contribution in [0.3, 0.4) is 0 Å². The smallest absolute Gasteiger partial charge is 0.408 e. The number of methoxy groups -OCH3 is 1. The maximum atomic E-state index is 12.9. The highest BCUT2D eigenvalue weighted by molar-refractivity contribution is 5.94. The van der Waals surface area contributed by atoms with E-state index >= 15 is 0 Å². The lowest BCUT2D eigenvalue weighted by Crippen LogP contribution is -2.72. The van der Waals surface area contributed by atoms with E-state index in [1.807, 2.05) is 79.7 Å². The third-order valence-corrected chi connectivity index (χ3v) is 5.45. The second kappa shape index (κ2) is 11.1. The van der Waals surface area contributed by atoms with Crippen LogP contribution in [0.2, 0.25) is 0 Å². The van der Waals surface area contributed by atoms with Gasteiger partial charge in [-0.3, -0.25) is 9.59 Å². The minimum Gasteiger partial charge on any atom is -0.469 e. The average Bonchev–Trinajstić information content (AvgIpc) is 2.83. The molecule has 1 saturated heterocycles. The zero-order valence-corrected chi connectivity index (χ0v) is 18.3. The first-order valence-corrected chi connectivity index (χ1v) is 10.6. The second-order valence-electron chi connectivity index (χ2n) is 7.53. The lowest BCUT2D eigenvalue weighted by Gasteiger charge is -2.49. The molecule has 0 unspecified atom stereocenters. The molecule has 2 aromatic rings. The van der Waals surface area contributed by atoms with Gasteiger partial charge in [-0.2, -0.15) is 0 Å². The number of benzene rings is 2. The molecule has 0 bridgehead atoms. The van der Waals surface area contributed by atoms with Crippen molar-refractivity contribution in [3.63, 3.8) is 0 Å². The number of ether oxygens (including phenoxy) is 2. The predicted octanol–water partition coefficient (Wildman–Crippen LogP) is 3.55. The van der Waals surface area contributed by atoms with Gasteiger partial charge in [-0.15, -0.1) is 0 Å². The molecule has 7 nitrogen and oxygen atoms in total. The third kappa shape index (κ3) is 5.75. The van der Waals surface area contributed by atoms with Gasteiger partial charge in [0.15, 0.2) is 0 Å². The Balaban J connectivity index is 1.71. The molecule has 1 heterocycles. The number of esters is 1. The van der Waals surface area contributed by atoms with Gasteiger partial charge in [0.05, 0.1) is 19.6 Å². The third-order valence-electron chi connectivity index (χ3n) is 5.45. The monoisotopic (exact) mass is 436 g/mol. The standard InChI is InChI=1S/C25H28N2O5/c1-3-20(16-22(28)31-2)27-21(15-14-18-10-6-4-7-11-18)23(24(27)29)26-25(30)32-17-19-12-8-5-9-13-19/h4-15,20-21,23H,3,16-17H2,1-2H3,(H,26,30)/t20-,21+,23-/m1/s1. The van der Waals surface area contributed by atoms with E-state index in [1.54, 1.807) is 4.90 Å². The normalized spacial score (nSPS) is 18.7. The van der Waals surface area contributed by atoms with Gasteiger partial charge < -0.3 is 19.7 Å². The number of nitrogens with one attached hydrogen (secondary N) is 1. The number of rotatable bonds is 9. The largest absolute Gasteiger partial charge is 0.469 e. The molecule has 168 valence electrons. The van der Waals surface area contributed by atoms with Crippen molar-refractivity contribution in [2.24, 2.45) is 0 Å². The van der Waals surface area contributed by atoms with Gasteiger partial charge in [0.2, 0.25) is 5.91 Å². The van der Waals surface area contributed by atoms with E-state index in [0.717, 1.165) is 11.1 Å². The zero-order valence-electron chi connectivity index (χ0n) is 18.3. The highest BCUT2D eigenvalue weighted by atomic mass is 16.5. The molecule has 7 heteroatoms. The number of likely N-dealkylation sites (tertiary alicyclic amines) is 1. The molecule has 0 saturated carbocycles. The Kier molecular flexibility index (Phi) is 8.02. The molecular formula is C25H28N2O5. The van der Waals surface area contributed by atoms with Gasteiger partial charge in [0.25, 0.3) is 0 Å². The first kappa shape index (κ1) is 23.1. The van der Waals surface area contributed by atoms with Crippen LogP contribution in [0.15, 0.2) is 66.7 Å². The Morgan fingerprint density at radius 1 is 1.09 bits per heavy atom. The van der Waals surface area contributed by atoms with Crippen molar-refractivity contribution in [3.8, 4) is 0 Å². The summed E-state index contributed by atoms with van der Waals surface area (Å²) in [6, 6.07) is 17.5. The van der Waals surface area contributed by atoms with Crippen molar-refractivity contribution < 1.29 is 23.9 Å². The Morgan fingerprint density at radius 3 is 2.38 bits per heavy atom. The Morgan fingerprint density at radius 2 is 1.75 bits per heavy atom. The fourth-order valence-electron chi connectivity index (χ4n) is 3.69. The molecule has 1 N–H and O–H groups in total. The van der Waals surface area contributed by atoms with Crippen molar-refractivity contribution >= 4 is 24.0 Å². The summed E-state index contributed by atoms with van der Waals surface area (Å²) >= 11 is 0. The molecule has 3 rings (SSSR count). The number of hydrogen-bond donors (Lipinski definition) is 1. The summed E-state index contributed by atoms with van der Waals surface area (Å²) in [5, 5.41) is 2.68. The lowest BCUT2D eigenvalue weighted by atomic mass is 9.89. The van der Waals surface area contributed by atoms with Gasteiger partial charge >= 0.3 is 12.1 Å². The second-order valence-corrected chi connectivity index (χ2v) is 7.53. The Bertz CT molecular complexity index is 945. The van der Waals surface area contributed by atoms with Crippen LogP contribution >= 0.6 is 0 Å². The van der Waals surface area contributed by atoms with Crippen LogP contribution in [-0.2, 0) is 25.7 Å². The number of β-lactam (4-membered cyclic amide) rings is 1. The summed E-state index contributed by atoms with van der Waals surface area (Å²) in [5.41, 5.74) is 1.83.